The fraction of sp³-hybridized carbons (Fsp3) is 0.667. The molecule has 25 heavy (non-hydrogen) atoms. The highest BCUT2D eigenvalue weighted by Crippen LogP contribution is 2.40. The van der Waals surface area contributed by atoms with E-state index in [1.165, 1.54) is 50.8 Å². The van der Waals surface area contributed by atoms with Crippen LogP contribution >= 0.6 is 0 Å². The Morgan fingerprint density at radius 1 is 1.32 bits per heavy atom. The van der Waals surface area contributed by atoms with Gasteiger partial charge in [-0.3, -0.25) is 0 Å². The molecule has 0 bridgehead atoms. The predicted molar refractivity (Wildman–Crippen MR) is 106 cm³/mol. The van der Waals surface area contributed by atoms with Crippen molar-refractivity contribution in [2.45, 2.75) is 58.3 Å². The van der Waals surface area contributed by atoms with E-state index < -0.39 is 0 Å². The molecule has 2 atom stereocenters. The summed E-state index contributed by atoms with van der Waals surface area (Å²) in [6.07, 6.45) is 6.50. The van der Waals surface area contributed by atoms with E-state index in [0.717, 1.165) is 12.2 Å². The van der Waals surface area contributed by atoms with Gasteiger partial charge in [0.1, 0.15) is 0 Å². The number of carbonyl (C=O) groups is 1. The van der Waals surface area contributed by atoms with Crippen LogP contribution in [0.5, 0.6) is 0 Å². The largest absolute Gasteiger partial charge is 0.341 e. The lowest BCUT2D eigenvalue weighted by Gasteiger charge is -2.45. The Hall–Kier alpha value is -1.55. The average molecular weight is 346 g/mol. The zero-order chi connectivity index (χ0) is 18.3. The van der Waals surface area contributed by atoms with E-state index in [1.807, 2.05) is 6.07 Å². The van der Waals surface area contributed by atoms with Gasteiger partial charge in [-0.2, -0.15) is 0 Å². The van der Waals surface area contributed by atoms with Gasteiger partial charge < -0.3 is 15.5 Å². The molecule has 4 nitrogen and oxygen atoms in total. The summed E-state index contributed by atoms with van der Waals surface area (Å²) in [5, 5.41) is 5.50. The SMILES string of the molecule is CCCCCCN1CC[C@](C)(c2cccc(NC(=O)NC)c2)[C@@H](C)C1. The summed E-state index contributed by atoms with van der Waals surface area (Å²) in [6.45, 7) is 10.6. The first-order chi connectivity index (χ1) is 12.0. The summed E-state index contributed by atoms with van der Waals surface area (Å²) in [4.78, 5) is 14.2. The minimum absolute atomic E-state index is 0.167. The van der Waals surface area contributed by atoms with Crippen molar-refractivity contribution in [3.63, 3.8) is 0 Å². The molecule has 0 saturated carbocycles. The van der Waals surface area contributed by atoms with Crippen LogP contribution < -0.4 is 10.6 Å². The Balaban J connectivity index is 1.99. The molecule has 1 saturated heterocycles. The third-order valence-corrected chi connectivity index (χ3v) is 5.90. The van der Waals surface area contributed by atoms with E-state index in [9.17, 15) is 4.79 Å². The maximum atomic E-state index is 11.6. The van der Waals surface area contributed by atoms with E-state index in [0.29, 0.717) is 5.92 Å². The molecule has 1 aliphatic rings. The molecule has 140 valence electrons. The molecule has 1 fully saturated rings. The van der Waals surface area contributed by atoms with Gasteiger partial charge in [-0.05, 0) is 55.0 Å². The van der Waals surface area contributed by atoms with Crippen LogP contribution in [0.15, 0.2) is 24.3 Å². The molecule has 2 N–H and O–H groups in total. The summed E-state index contributed by atoms with van der Waals surface area (Å²) in [7, 11) is 1.64. The van der Waals surface area contributed by atoms with Crippen LogP contribution in [0, 0.1) is 5.92 Å². The molecule has 0 radical (unpaired) electrons. The Morgan fingerprint density at radius 2 is 2.12 bits per heavy atom. The number of hydrogen-bond acceptors (Lipinski definition) is 2. The third-order valence-electron chi connectivity index (χ3n) is 5.90. The first-order valence-corrected chi connectivity index (χ1v) is 9.81. The number of urea groups is 1. The lowest BCUT2D eigenvalue weighted by atomic mass is 9.68. The minimum Gasteiger partial charge on any atom is -0.341 e. The van der Waals surface area contributed by atoms with Crippen LogP contribution in [-0.2, 0) is 5.41 Å². The van der Waals surface area contributed by atoms with Crippen molar-refractivity contribution in [3.8, 4) is 0 Å². The first-order valence-electron chi connectivity index (χ1n) is 9.81. The number of amides is 2. The summed E-state index contributed by atoms with van der Waals surface area (Å²) >= 11 is 0. The molecule has 0 spiro atoms. The zero-order valence-electron chi connectivity index (χ0n) is 16.4. The molecule has 0 aliphatic carbocycles. The van der Waals surface area contributed by atoms with Gasteiger partial charge in [0.2, 0.25) is 0 Å². The van der Waals surface area contributed by atoms with Gasteiger partial charge in [-0.1, -0.05) is 52.2 Å². The average Bonchev–Trinajstić information content (AvgIpc) is 2.62. The quantitative estimate of drug-likeness (QED) is 0.708. The number of benzene rings is 1. The topological polar surface area (TPSA) is 44.4 Å². The molecule has 1 aromatic rings. The number of hydrogen-bond donors (Lipinski definition) is 2. The molecule has 2 rings (SSSR count). The fourth-order valence-corrected chi connectivity index (χ4v) is 3.86. The maximum absolute atomic E-state index is 11.6. The summed E-state index contributed by atoms with van der Waals surface area (Å²) < 4.78 is 0. The van der Waals surface area contributed by atoms with Crippen LogP contribution in [0.3, 0.4) is 0 Å². The second-order valence-electron chi connectivity index (χ2n) is 7.71. The van der Waals surface area contributed by atoms with Crippen molar-refractivity contribution in [1.29, 1.82) is 0 Å². The van der Waals surface area contributed by atoms with Gasteiger partial charge in [0, 0.05) is 19.3 Å². The highest BCUT2D eigenvalue weighted by Gasteiger charge is 2.37. The molecule has 4 heteroatoms. The number of piperidine rings is 1. The van der Waals surface area contributed by atoms with Gasteiger partial charge >= 0.3 is 6.03 Å². The second-order valence-corrected chi connectivity index (χ2v) is 7.71. The summed E-state index contributed by atoms with van der Waals surface area (Å²) in [5.74, 6) is 0.600. The molecule has 2 amide bonds. The number of rotatable bonds is 7. The van der Waals surface area contributed by atoms with Gasteiger partial charge in [0.15, 0.2) is 0 Å². The van der Waals surface area contributed by atoms with Crippen molar-refractivity contribution >= 4 is 11.7 Å². The molecule has 0 aromatic heterocycles. The predicted octanol–water partition coefficient (Wildman–Crippen LogP) is 4.62. The molecular weight excluding hydrogens is 310 g/mol. The van der Waals surface area contributed by atoms with Gasteiger partial charge in [0.05, 0.1) is 0 Å². The Morgan fingerprint density at radius 3 is 2.80 bits per heavy atom. The smallest absolute Gasteiger partial charge is 0.318 e. The number of anilines is 1. The van der Waals surface area contributed by atoms with E-state index >= 15 is 0 Å². The number of carbonyl (C=O) groups excluding carboxylic acids is 1. The van der Waals surface area contributed by atoms with Crippen LogP contribution in [0.2, 0.25) is 0 Å². The lowest BCUT2D eigenvalue weighted by molar-refractivity contribution is 0.109. The number of nitrogens with one attached hydrogen (secondary N) is 2. The van der Waals surface area contributed by atoms with Crippen LogP contribution in [-0.4, -0.2) is 37.6 Å². The minimum atomic E-state index is -0.169. The monoisotopic (exact) mass is 345 g/mol. The zero-order valence-corrected chi connectivity index (χ0v) is 16.4. The van der Waals surface area contributed by atoms with Gasteiger partial charge in [-0.15, -0.1) is 0 Å². The molecule has 1 heterocycles. The van der Waals surface area contributed by atoms with Crippen molar-refractivity contribution in [2.24, 2.45) is 5.92 Å². The van der Waals surface area contributed by atoms with E-state index in [2.05, 4.69) is 54.5 Å². The first kappa shape index (κ1) is 19.8. The van der Waals surface area contributed by atoms with Crippen LogP contribution in [0.25, 0.3) is 0 Å². The molecule has 1 aliphatic heterocycles. The van der Waals surface area contributed by atoms with Crippen molar-refractivity contribution < 1.29 is 4.79 Å². The highest BCUT2D eigenvalue weighted by atomic mass is 16.2. The Labute approximate surface area is 153 Å². The fourth-order valence-electron chi connectivity index (χ4n) is 3.86. The summed E-state index contributed by atoms with van der Waals surface area (Å²) in [6, 6.07) is 8.19. The Bertz CT molecular complexity index is 560. The molecule has 1 aromatic carbocycles. The summed E-state index contributed by atoms with van der Waals surface area (Å²) in [5.41, 5.74) is 2.37. The van der Waals surface area contributed by atoms with Crippen LogP contribution in [0.4, 0.5) is 10.5 Å². The highest BCUT2D eigenvalue weighted by molar-refractivity contribution is 5.89. The normalized spacial score (nSPS) is 24.1. The van der Waals surface area contributed by atoms with Gasteiger partial charge in [-0.25, -0.2) is 4.79 Å². The molecular formula is C21H35N3O. The second kappa shape index (κ2) is 9.23. The van der Waals surface area contributed by atoms with E-state index in [4.69, 9.17) is 0 Å². The number of likely N-dealkylation sites (tertiary alicyclic amines) is 1. The standard InChI is InChI=1S/C21H35N3O/c1-5-6-7-8-13-24-14-12-21(3,17(2)16-24)18-10-9-11-19(15-18)23-20(25)22-4/h9-11,15,17H,5-8,12-14,16H2,1-4H3,(H2,22,23,25)/t17-,21-/m0/s1. The third kappa shape index (κ3) is 5.21. The van der Waals surface area contributed by atoms with Crippen molar-refractivity contribution in [1.82, 2.24) is 10.2 Å². The van der Waals surface area contributed by atoms with Crippen molar-refractivity contribution in [3.05, 3.63) is 29.8 Å². The Kier molecular flexibility index (Phi) is 7.30. The molecule has 0 unspecified atom stereocenters. The lowest BCUT2D eigenvalue weighted by Crippen LogP contribution is -2.47. The van der Waals surface area contributed by atoms with Gasteiger partial charge in [0.25, 0.3) is 0 Å². The van der Waals surface area contributed by atoms with Crippen LogP contribution in [0.1, 0.15) is 58.4 Å². The van der Waals surface area contributed by atoms with E-state index in [-0.39, 0.29) is 11.4 Å². The van der Waals surface area contributed by atoms with E-state index in [1.54, 1.807) is 7.05 Å². The van der Waals surface area contributed by atoms with Crippen molar-refractivity contribution in [2.75, 3.05) is 32.0 Å². The number of nitrogens with zero attached hydrogens (tertiary/aromatic N) is 1. The number of unbranched alkanes of at least 4 members (excludes halogenated alkanes) is 3. The maximum Gasteiger partial charge on any atom is 0.318 e.